The number of para-hydroxylation sites is 1. The van der Waals surface area contributed by atoms with Crippen molar-refractivity contribution in [1.29, 1.82) is 0 Å². The minimum Gasteiger partial charge on any atom is -0.486 e. The van der Waals surface area contributed by atoms with E-state index in [0.717, 1.165) is 16.6 Å². The highest BCUT2D eigenvalue weighted by Gasteiger charge is 2.13. The number of anilines is 1. The van der Waals surface area contributed by atoms with Gasteiger partial charge in [-0.15, -0.1) is 0 Å². The lowest BCUT2D eigenvalue weighted by Gasteiger charge is -2.09. The maximum atomic E-state index is 11.1. The van der Waals surface area contributed by atoms with Gasteiger partial charge in [-0.25, -0.2) is 9.97 Å². The highest BCUT2D eigenvalue weighted by atomic mass is 35.5. The molecule has 0 atom stereocenters. The molecule has 0 aliphatic rings. The number of fused-ring (bicyclic) bond motifs is 1. The van der Waals surface area contributed by atoms with Crippen LogP contribution in [0.1, 0.15) is 12.6 Å². The number of aromatic amines is 1. The van der Waals surface area contributed by atoms with E-state index in [1.54, 1.807) is 6.07 Å². The summed E-state index contributed by atoms with van der Waals surface area (Å²) in [6.07, 6.45) is 0. The summed E-state index contributed by atoms with van der Waals surface area (Å²) in [7, 11) is 0. The molecular formula is C23H22ClN5O2. The topological polar surface area (TPSA) is 91.9 Å². The third kappa shape index (κ3) is 5.13. The number of carbonyl (C=O) groups excluding carboxylic acids is 1. The van der Waals surface area contributed by atoms with Gasteiger partial charge in [-0.05, 0) is 18.2 Å². The molecule has 0 bridgehead atoms. The van der Waals surface area contributed by atoms with E-state index in [1.165, 1.54) is 6.92 Å². The zero-order valence-corrected chi connectivity index (χ0v) is 17.7. The number of hydrogen-bond acceptors (Lipinski definition) is 5. The maximum absolute atomic E-state index is 11.1. The van der Waals surface area contributed by atoms with Crippen molar-refractivity contribution in [3.8, 4) is 17.1 Å². The summed E-state index contributed by atoms with van der Waals surface area (Å²) in [5, 5.41) is 7.48. The number of H-pyrrole nitrogens is 1. The van der Waals surface area contributed by atoms with Crippen molar-refractivity contribution in [3.05, 3.63) is 71.4 Å². The lowest BCUT2D eigenvalue weighted by atomic mass is 10.2. The Morgan fingerprint density at radius 3 is 2.61 bits per heavy atom. The second-order valence-corrected chi connectivity index (χ2v) is 7.35. The van der Waals surface area contributed by atoms with Gasteiger partial charge in [-0.1, -0.05) is 54.1 Å². The average molecular weight is 436 g/mol. The van der Waals surface area contributed by atoms with Crippen LogP contribution in [0.5, 0.6) is 5.75 Å². The fourth-order valence-corrected chi connectivity index (χ4v) is 3.32. The summed E-state index contributed by atoms with van der Waals surface area (Å²) >= 11 is 6.18. The van der Waals surface area contributed by atoms with Crippen molar-refractivity contribution in [1.82, 2.24) is 20.3 Å². The summed E-state index contributed by atoms with van der Waals surface area (Å²) < 4.78 is 5.85. The number of carbonyl (C=O) groups is 1. The molecule has 2 heterocycles. The third-order valence-electron chi connectivity index (χ3n) is 4.59. The van der Waals surface area contributed by atoms with Gasteiger partial charge >= 0.3 is 0 Å². The number of hydrogen-bond donors (Lipinski definition) is 3. The second kappa shape index (κ2) is 9.49. The van der Waals surface area contributed by atoms with E-state index in [2.05, 4.69) is 15.6 Å². The van der Waals surface area contributed by atoms with Gasteiger partial charge in [0.25, 0.3) is 0 Å². The quantitative estimate of drug-likeness (QED) is 0.357. The fraction of sp³-hybridized carbons (Fsp3) is 0.174. The number of halogens is 1. The highest BCUT2D eigenvalue weighted by Crippen LogP contribution is 2.27. The molecule has 31 heavy (non-hydrogen) atoms. The molecule has 0 saturated carbocycles. The first-order chi connectivity index (χ1) is 15.1. The van der Waals surface area contributed by atoms with Crippen LogP contribution in [-0.4, -0.2) is 33.9 Å². The molecule has 1 amide bonds. The molecule has 2 aromatic carbocycles. The minimum absolute atomic E-state index is 0.0692. The minimum atomic E-state index is -0.0692. The Morgan fingerprint density at radius 1 is 1.06 bits per heavy atom. The molecule has 2 aromatic heterocycles. The number of rotatable bonds is 8. The van der Waals surface area contributed by atoms with Gasteiger partial charge in [0.15, 0.2) is 5.82 Å². The average Bonchev–Trinajstić information content (AvgIpc) is 3.19. The number of aromatic nitrogens is 3. The number of nitrogens with zero attached hydrogens (tertiary/aromatic N) is 2. The van der Waals surface area contributed by atoms with E-state index in [-0.39, 0.29) is 5.91 Å². The first-order valence-electron chi connectivity index (χ1n) is 9.91. The molecule has 158 valence electrons. The molecule has 4 aromatic rings. The van der Waals surface area contributed by atoms with Crippen molar-refractivity contribution in [2.45, 2.75) is 13.5 Å². The van der Waals surface area contributed by atoms with Crippen LogP contribution in [0.15, 0.2) is 60.7 Å². The summed E-state index contributed by atoms with van der Waals surface area (Å²) in [6.45, 7) is 2.84. The van der Waals surface area contributed by atoms with Crippen LogP contribution in [0.25, 0.3) is 22.4 Å². The standard InChI is InChI=1S/C23H22ClN5O2/c1-15(30)25-11-12-26-22-18-13-17(14-31-20-10-6-5-9-19(20)24)27-23(18)29-21(28-22)16-7-3-2-4-8-16/h2-10,13H,11-12,14H2,1H3,(H,25,30)(H2,26,27,28,29). The van der Waals surface area contributed by atoms with Gasteiger partial charge in [0.2, 0.25) is 5.91 Å². The van der Waals surface area contributed by atoms with Crippen LogP contribution in [0.3, 0.4) is 0 Å². The smallest absolute Gasteiger partial charge is 0.216 e. The van der Waals surface area contributed by atoms with Gasteiger partial charge in [0.1, 0.15) is 23.8 Å². The molecule has 0 spiro atoms. The summed E-state index contributed by atoms with van der Waals surface area (Å²) in [4.78, 5) is 23.9. The van der Waals surface area contributed by atoms with Crippen LogP contribution in [0.2, 0.25) is 5.02 Å². The van der Waals surface area contributed by atoms with Gasteiger partial charge in [-0.2, -0.15) is 0 Å². The second-order valence-electron chi connectivity index (χ2n) is 6.95. The lowest BCUT2D eigenvalue weighted by Crippen LogP contribution is -2.26. The molecule has 0 aliphatic heterocycles. The zero-order chi connectivity index (χ0) is 21.6. The van der Waals surface area contributed by atoms with E-state index < -0.39 is 0 Å². The van der Waals surface area contributed by atoms with Gasteiger partial charge in [0, 0.05) is 25.6 Å². The maximum Gasteiger partial charge on any atom is 0.216 e. The SMILES string of the molecule is CC(=O)NCCNc1nc(-c2ccccc2)nc2[nH]c(COc3ccccc3Cl)cc12. The molecular weight excluding hydrogens is 414 g/mol. The number of amides is 1. The summed E-state index contributed by atoms with van der Waals surface area (Å²) in [5.74, 6) is 1.85. The van der Waals surface area contributed by atoms with Crippen LogP contribution in [0.4, 0.5) is 5.82 Å². The Kier molecular flexibility index (Phi) is 6.33. The summed E-state index contributed by atoms with van der Waals surface area (Å²) in [6, 6.07) is 19.1. The predicted octanol–water partition coefficient (Wildman–Crippen LogP) is 4.41. The number of nitrogens with one attached hydrogen (secondary N) is 3. The fourth-order valence-electron chi connectivity index (χ4n) is 3.13. The van der Waals surface area contributed by atoms with Crippen LogP contribution in [0, 0.1) is 0 Å². The molecule has 0 fully saturated rings. The van der Waals surface area contributed by atoms with E-state index in [4.69, 9.17) is 26.3 Å². The zero-order valence-electron chi connectivity index (χ0n) is 17.0. The molecule has 0 aliphatic carbocycles. The van der Waals surface area contributed by atoms with Crippen molar-refractivity contribution >= 4 is 34.4 Å². The summed E-state index contributed by atoms with van der Waals surface area (Å²) in [5.41, 5.74) is 2.46. The Labute approximate surface area is 184 Å². The largest absolute Gasteiger partial charge is 0.486 e. The van der Waals surface area contributed by atoms with E-state index >= 15 is 0 Å². The van der Waals surface area contributed by atoms with Crippen LogP contribution < -0.4 is 15.4 Å². The van der Waals surface area contributed by atoms with Crippen molar-refractivity contribution < 1.29 is 9.53 Å². The van der Waals surface area contributed by atoms with Crippen LogP contribution >= 0.6 is 11.6 Å². The highest BCUT2D eigenvalue weighted by molar-refractivity contribution is 6.32. The van der Waals surface area contributed by atoms with Crippen molar-refractivity contribution in [2.24, 2.45) is 0 Å². The van der Waals surface area contributed by atoms with E-state index in [9.17, 15) is 4.79 Å². The Hall–Kier alpha value is -3.58. The molecule has 0 saturated heterocycles. The Balaban J connectivity index is 1.62. The lowest BCUT2D eigenvalue weighted by molar-refractivity contribution is -0.118. The van der Waals surface area contributed by atoms with Crippen LogP contribution in [-0.2, 0) is 11.4 Å². The van der Waals surface area contributed by atoms with Crippen molar-refractivity contribution in [2.75, 3.05) is 18.4 Å². The first-order valence-corrected chi connectivity index (χ1v) is 10.3. The number of ether oxygens (including phenoxy) is 1. The molecule has 7 nitrogen and oxygen atoms in total. The molecule has 3 N–H and O–H groups in total. The Morgan fingerprint density at radius 2 is 1.84 bits per heavy atom. The molecule has 4 rings (SSSR count). The third-order valence-corrected chi connectivity index (χ3v) is 4.90. The predicted molar refractivity (Wildman–Crippen MR) is 122 cm³/mol. The normalized spacial score (nSPS) is 10.8. The van der Waals surface area contributed by atoms with Gasteiger partial charge < -0.3 is 20.4 Å². The molecule has 0 radical (unpaired) electrons. The number of benzene rings is 2. The van der Waals surface area contributed by atoms with Gasteiger partial charge in [-0.3, -0.25) is 4.79 Å². The molecule has 0 unspecified atom stereocenters. The van der Waals surface area contributed by atoms with E-state index in [1.807, 2.05) is 54.6 Å². The van der Waals surface area contributed by atoms with Gasteiger partial charge in [0.05, 0.1) is 16.1 Å². The van der Waals surface area contributed by atoms with E-state index in [0.29, 0.717) is 47.8 Å². The molecule has 8 heteroatoms. The monoisotopic (exact) mass is 435 g/mol. The first kappa shape index (κ1) is 20.7. The Bertz CT molecular complexity index is 1190. The van der Waals surface area contributed by atoms with Crippen molar-refractivity contribution in [3.63, 3.8) is 0 Å².